The number of carbonyl (C=O) groups is 1. The molecule has 0 bridgehead atoms. The Morgan fingerprint density at radius 2 is 1.97 bits per heavy atom. The van der Waals surface area contributed by atoms with E-state index in [-0.39, 0.29) is 29.0 Å². The van der Waals surface area contributed by atoms with Crippen molar-refractivity contribution < 1.29 is 22.7 Å². The summed E-state index contributed by atoms with van der Waals surface area (Å²) in [5, 5.41) is 12.2. The number of nitrogens with one attached hydrogen (secondary N) is 1. The fourth-order valence-electron chi connectivity index (χ4n) is 5.79. The molecule has 33 heavy (non-hydrogen) atoms. The van der Waals surface area contributed by atoms with Gasteiger partial charge in [0.2, 0.25) is 0 Å². The van der Waals surface area contributed by atoms with Crippen LogP contribution >= 0.6 is 0 Å². The van der Waals surface area contributed by atoms with E-state index in [2.05, 4.69) is 5.32 Å². The molecule has 0 aromatic heterocycles. The lowest BCUT2D eigenvalue weighted by molar-refractivity contribution is -0.137. The number of hydrogen-bond acceptors (Lipinski definition) is 4. The number of anilines is 1. The van der Waals surface area contributed by atoms with Gasteiger partial charge in [0.1, 0.15) is 0 Å². The maximum Gasteiger partial charge on any atom is 0.417 e. The van der Waals surface area contributed by atoms with Crippen molar-refractivity contribution in [3.05, 3.63) is 29.3 Å². The third-order valence-corrected chi connectivity index (χ3v) is 7.70. The van der Waals surface area contributed by atoms with Crippen LogP contribution in [0.2, 0.25) is 0 Å². The molecule has 1 aliphatic carbocycles. The second-order valence-electron chi connectivity index (χ2n) is 9.65. The number of hydrogen-bond donors (Lipinski definition) is 1. The fraction of sp³-hybridized carbons (Fsp3) is 0.667. The summed E-state index contributed by atoms with van der Waals surface area (Å²) in [5.41, 5.74) is -0.873. The lowest BCUT2D eigenvalue weighted by Gasteiger charge is -2.43. The molecule has 6 nitrogen and oxygen atoms in total. The van der Waals surface area contributed by atoms with Gasteiger partial charge in [0, 0.05) is 50.9 Å². The topological polar surface area (TPSA) is 68.6 Å². The molecule has 0 radical (unpaired) electrons. The molecule has 2 amide bonds. The van der Waals surface area contributed by atoms with Gasteiger partial charge in [-0.3, -0.25) is 0 Å². The summed E-state index contributed by atoms with van der Waals surface area (Å²) in [5.74, 6) is 0.200. The molecule has 1 aromatic carbocycles. The van der Waals surface area contributed by atoms with E-state index in [0.717, 1.165) is 44.6 Å². The molecule has 3 fully saturated rings. The number of alkyl halides is 3. The van der Waals surface area contributed by atoms with Gasteiger partial charge in [-0.25, -0.2) is 4.79 Å². The van der Waals surface area contributed by atoms with E-state index in [9.17, 15) is 18.0 Å². The molecular weight excluding hydrogens is 433 g/mol. The van der Waals surface area contributed by atoms with Gasteiger partial charge in [-0.1, -0.05) is 12.8 Å². The number of methoxy groups -OCH3 is 1. The number of amides is 2. The van der Waals surface area contributed by atoms with Crippen molar-refractivity contribution in [2.75, 3.05) is 44.8 Å². The van der Waals surface area contributed by atoms with Crippen LogP contribution in [-0.4, -0.2) is 56.9 Å². The zero-order chi connectivity index (χ0) is 23.6. The standard InChI is InChI=1S/C24H31F3N4O2/c1-33-15-18-14-31(22(32)29-19-4-2-3-5-19)16-23(18)8-10-30(11-9-23)20-7-6-17(13-28)21(12-20)24(25,26)27/h6-7,12,18-19H,2-5,8-11,14-16H2,1H3,(H,29,32). The first-order valence-corrected chi connectivity index (χ1v) is 11.7. The quantitative estimate of drug-likeness (QED) is 0.718. The minimum Gasteiger partial charge on any atom is -0.384 e. The smallest absolute Gasteiger partial charge is 0.384 e. The molecule has 1 unspecified atom stereocenters. The van der Waals surface area contributed by atoms with Crippen LogP contribution in [-0.2, 0) is 10.9 Å². The van der Waals surface area contributed by atoms with Gasteiger partial charge >= 0.3 is 12.2 Å². The lowest BCUT2D eigenvalue weighted by atomic mass is 9.71. The van der Waals surface area contributed by atoms with Crippen LogP contribution in [0.4, 0.5) is 23.7 Å². The number of carbonyl (C=O) groups excluding carboxylic acids is 1. The van der Waals surface area contributed by atoms with Crippen molar-refractivity contribution in [2.24, 2.45) is 11.3 Å². The van der Waals surface area contributed by atoms with Gasteiger partial charge in [0.25, 0.3) is 0 Å². The SMILES string of the molecule is COCC1CN(C(=O)NC2CCCC2)CC12CCN(c1ccc(C#N)c(C(F)(F)F)c1)CC2. The van der Waals surface area contributed by atoms with Crippen molar-refractivity contribution in [1.29, 1.82) is 5.26 Å². The molecule has 1 saturated carbocycles. The number of likely N-dealkylation sites (tertiary alicyclic amines) is 1. The molecule has 1 spiro atoms. The van der Waals surface area contributed by atoms with Crippen molar-refractivity contribution in [3.8, 4) is 6.07 Å². The van der Waals surface area contributed by atoms with E-state index in [0.29, 0.717) is 38.5 Å². The zero-order valence-electron chi connectivity index (χ0n) is 19.0. The number of nitriles is 1. The minimum atomic E-state index is -4.57. The highest BCUT2D eigenvalue weighted by molar-refractivity contribution is 5.75. The van der Waals surface area contributed by atoms with Crippen molar-refractivity contribution in [2.45, 2.75) is 50.7 Å². The van der Waals surface area contributed by atoms with Crippen LogP contribution in [0.15, 0.2) is 18.2 Å². The number of rotatable bonds is 4. The molecule has 2 aliphatic heterocycles. The first kappa shape index (κ1) is 23.7. The van der Waals surface area contributed by atoms with Crippen LogP contribution in [0.25, 0.3) is 0 Å². The Morgan fingerprint density at radius 1 is 1.27 bits per heavy atom. The maximum atomic E-state index is 13.4. The fourth-order valence-corrected chi connectivity index (χ4v) is 5.79. The Hall–Kier alpha value is -2.47. The number of halogens is 3. The second kappa shape index (κ2) is 9.41. The van der Waals surface area contributed by atoms with E-state index in [1.165, 1.54) is 6.07 Å². The summed E-state index contributed by atoms with van der Waals surface area (Å²) < 4.78 is 45.7. The molecule has 180 valence electrons. The van der Waals surface area contributed by atoms with Crippen LogP contribution in [0.5, 0.6) is 0 Å². The molecule has 1 atom stereocenters. The van der Waals surface area contributed by atoms with E-state index < -0.39 is 11.7 Å². The minimum absolute atomic E-state index is 0.00998. The van der Waals surface area contributed by atoms with Gasteiger partial charge in [0.15, 0.2) is 0 Å². The first-order chi connectivity index (χ1) is 15.8. The molecule has 9 heteroatoms. The van der Waals surface area contributed by atoms with Crippen LogP contribution < -0.4 is 10.2 Å². The third-order valence-electron chi connectivity index (χ3n) is 7.70. The Kier molecular flexibility index (Phi) is 6.76. The molecule has 3 aliphatic rings. The van der Waals surface area contributed by atoms with Gasteiger partial charge in [-0.05, 0) is 49.3 Å². The predicted octanol–water partition coefficient (Wildman–Crippen LogP) is 4.39. The number of ether oxygens (including phenoxy) is 1. The van der Waals surface area contributed by atoms with Crippen LogP contribution in [0.3, 0.4) is 0 Å². The van der Waals surface area contributed by atoms with Gasteiger partial charge in [-0.2, -0.15) is 18.4 Å². The molecular formula is C24H31F3N4O2. The predicted molar refractivity (Wildman–Crippen MR) is 118 cm³/mol. The number of nitrogens with zero attached hydrogens (tertiary/aromatic N) is 3. The normalized spacial score (nSPS) is 23.2. The average Bonchev–Trinajstić information content (AvgIpc) is 3.42. The average molecular weight is 465 g/mol. The number of benzene rings is 1. The summed E-state index contributed by atoms with van der Waals surface area (Å²) in [6.45, 7) is 3.04. The van der Waals surface area contributed by atoms with Crippen molar-refractivity contribution in [1.82, 2.24) is 10.2 Å². The zero-order valence-corrected chi connectivity index (χ0v) is 19.0. The summed E-state index contributed by atoms with van der Waals surface area (Å²) >= 11 is 0. The van der Waals surface area contributed by atoms with Crippen LogP contribution in [0.1, 0.15) is 49.7 Å². The highest BCUT2D eigenvalue weighted by Crippen LogP contribution is 2.46. The second-order valence-corrected chi connectivity index (χ2v) is 9.65. The maximum absolute atomic E-state index is 13.4. The largest absolute Gasteiger partial charge is 0.417 e. The lowest BCUT2D eigenvalue weighted by Crippen LogP contribution is -2.47. The molecule has 4 rings (SSSR count). The van der Waals surface area contributed by atoms with Crippen molar-refractivity contribution in [3.63, 3.8) is 0 Å². The third kappa shape index (κ3) is 4.91. The summed E-state index contributed by atoms with van der Waals surface area (Å²) in [7, 11) is 1.67. The van der Waals surface area contributed by atoms with E-state index >= 15 is 0 Å². The van der Waals surface area contributed by atoms with E-state index in [1.807, 2.05) is 9.80 Å². The summed E-state index contributed by atoms with van der Waals surface area (Å²) in [4.78, 5) is 16.7. The molecule has 1 N–H and O–H groups in total. The molecule has 2 heterocycles. The van der Waals surface area contributed by atoms with E-state index in [4.69, 9.17) is 10.00 Å². The Balaban J connectivity index is 1.45. The Labute approximate surface area is 192 Å². The number of piperidine rings is 1. The molecule has 1 aromatic rings. The van der Waals surface area contributed by atoms with Gasteiger partial charge < -0.3 is 19.9 Å². The van der Waals surface area contributed by atoms with Gasteiger partial charge in [-0.15, -0.1) is 0 Å². The summed E-state index contributed by atoms with van der Waals surface area (Å²) in [6.07, 6.45) is 1.35. The highest BCUT2D eigenvalue weighted by Gasteiger charge is 2.49. The van der Waals surface area contributed by atoms with Gasteiger partial charge in [0.05, 0.1) is 23.8 Å². The number of urea groups is 1. The summed E-state index contributed by atoms with van der Waals surface area (Å²) in [6, 6.07) is 5.81. The Morgan fingerprint density at radius 3 is 2.58 bits per heavy atom. The van der Waals surface area contributed by atoms with Crippen LogP contribution in [0, 0.1) is 22.7 Å². The Bertz CT molecular complexity index is 900. The first-order valence-electron chi connectivity index (χ1n) is 11.7. The highest BCUT2D eigenvalue weighted by atomic mass is 19.4. The molecule has 2 saturated heterocycles. The monoisotopic (exact) mass is 464 g/mol. The van der Waals surface area contributed by atoms with E-state index in [1.54, 1.807) is 19.2 Å². The van der Waals surface area contributed by atoms with Crippen molar-refractivity contribution >= 4 is 11.7 Å².